The van der Waals surface area contributed by atoms with Gasteiger partial charge in [0.15, 0.2) is 0 Å². The van der Waals surface area contributed by atoms with Gasteiger partial charge in [0.2, 0.25) is 0 Å². The maximum atomic E-state index is 8.40. The molecule has 17 heavy (non-hydrogen) atoms. The van der Waals surface area contributed by atoms with Crippen molar-refractivity contribution in [2.24, 2.45) is 28.8 Å². The fourth-order valence-corrected chi connectivity index (χ4v) is 3.44. The average Bonchev–Trinajstić information content (AvgIpc) is 2.82. The van der Waals surface area contributed by atoms with Gasteiger partial charge in [-0.15, -0.1) is 0 Å². The number of hydrogen-bond acceptors (Lipinski definition) is 2. The Labute approximate surface area is 103 Å². The third-order valence-electron chi connectivity index (χ3n) is 4.08. The highest BCUT2D eigenvalue weighted by atomic mass is 16.5. The van der Waals surface area contributed by atoms with E-state index in [1.54, 1.807) is 0 Å². The Balaban J connectivity index is 2.22. The van der Waals surface area contributed by atoms with Crippen LogP contribution in [0, 0.1) is 23.7 Å². The van der Waals surface area contributed by atoms with Crippen LogP contribution in [0.4, 0.5) is 0 Å². The zero-order valence-corrected chi connectivity index (χ0v) is 11.0. The van der Waals surface area contributed by atoms with Gasteiger partial charge in [-0.3, -0.25) is 0 Å². The average molecular weight is 235 g/mol. The second-order valence-electron chi connectivity index (χ2n) is 5.79. The van der Waals surface area contributed by atoms with E-state index in [0.717, 1.165) is 0 Å². The quantitative estimate of drug-likeness (QED) is 0.318. The van der Waals surface area contributed by atoms with Crippen LogP contribution >= 0.6 is 0 Å². The first-order valence-electron chi connectivity index (χ1n) is 6.43. The summed E-state index contributed by atoms with van der Waals surface area (Å²) in [7, 11) is 0. The molecule has 0 amide bonds. The molecule has 4 heteroatoms. The molecule has 2 rings (SSSR count). The van der Waals surface area contributed by atoms with Gasteiger partial charge in [-0.2, -0.15) is 0 Å². The summed E-state index contributed by atoms with van der Waals surface area (Å²) in [6.45, 7) is 9.52. The van der Waals surface area contributed by atoms with Gasteiger partial charge in [0.25, 0.3) is 0 Å². The van der Waals surface area contributed by atoms with Crippen molar-refractivity contribution in [2.45, 2.75) is 39.9 Å². The van der Waals surface area contributed by atoms with Crippen molar-refractivity contribution in [1.82, 2.24) is 0 Å². The molecule has 0 saturated carbocycles. The summed E-state index contributed by atoms with van der Waals surface area (Å²) in [6.07, 6.45) is 2.59. The molecule has 2 heterocycles. The van der Waals surface area contributed by atoms with Crippen molar-refractivity contribution >= 4 is 0 Å². The molecule has 0 aliphatic carbocycles. The number of azide groups is 1. The van der Waals surface area contributed by atoms with Crippen LogP contribution in [-0.2, 0) is 4.74 Å². The summed E-state index contributed by atoms with van der Waals surface area (Å²) >= 11 is 0. The molecule has 4 nitrogen and oxygen atoms in total. The molecule has 0 radical (unpaired) electrons. The monoisotopic (exact) mass is 235 g/mol. The lowest BCUT2D eigenvalue weighted by Crippen LogP contribution is -2.34. The van der Waals surface area contributed by atoms with Crippen LogP contribution in [-0.4, -0.2) is 18.8 Å². The molecule has 1 saturated heterocycles. The van der Waals surface area contributed by atoms with E-state index in [4.69, 9.17) is 10.3 Å². The SMILES string of the molecule is CC(C)C1C2C=C(CN=[N+]=[N-])C(O2)C1C(C)C. The van der Waals surface area contributed by atoms with E-state index in [1.165, 1.54) is 5.57 Å². The van der Waals surface area contributed by atoms with Crippen LogP contribution in [0.5, 0.6) is 0 Å². The Morgan fingerprint density at radius 2 is 1.94 bits per heavy atom. The largest absolute Gasteiger partial charge is 0.366 e. The van der Waals surface area contributed by atoms with E-state index in [1.807, 2.05) is 0 Å². The molecule has 2 aliphatic heterocycles. The van der Waals surface area contributed by atoms with E-state index >= 15 is 0 Å². The number of nitrogens with zero attached hydrogens (tertiary/aromatic N) is 3. The normalized spacial score (nSPS) is 35.3. The Morgan fingerprint density at radius 1 is 1.29 bits per heavy atom. The Hall–Kier alpha value is -0.990. The second-order valence-corrected chi connectivity index (χ2v) is 5.79. The fourth-order valence-electron chi connectivity index (χ4n) is 3.44. The van der Waals surface area contributed by atoms with Crippen LogP contribution in [0.3, 0.4) is 0 Å². The maximum absolute atomic E-state index is 8.40. The molecular weight excluding hydrogens is 214 g/mol. The molecule has 0 aromatic carbocycles. The van der Waals surface area contributed by atoms with Gasteiger partial charge in [0, 0.05) is 11.5 Å². The highest BCUT2D eigenvalue weighted by molar-refractivity contribution is 5.26. The van der Waals surface area contributed by atoms with Gasteiger partial charge in [-0.1, -0.05) is 38.9 Å². The molecule has 0 aromatic rings. The van der Waals surface area contributed by atoms with Crippen LogP contribution < -0.4 is 0 Å². The predicted molar refractivity (Wildman–Crippen MR) is 67.4 cm³/mol. The molecule has 0 spiro atoms. The summed E-state index contributed by atoms with van der Waals surface area (Å²) in [5.74, 6) is 2.41. The fraction of sp³-hybridized carbons (Fsp3) is 0.846. The number of hydrogen-bond donors (Lipinski definition) is 0. The molecule has 4 atom stereocenters. The molecule has 1 fully saturated rings. The summed E-state index contributed by atoms with van der Waals surface area (Å²) in [6, 6.07) is 0. The lowest BCUT2D eigenvalue weighted by atomic mass is 9.69. The topological polar surface area (TPSA) is 58.0 Å². The maximum Gasteiger partial charge on any atom is 0.0829 e. The van der Waals surface area contributed by atoms with E-state index < -0.39 is 0 Å². The van der Waals surface area contributed by atoms with Crippen molar-refractivity contribution in [3.8, 4) is 0 Å². The first-order valence-corrected chi connectivity index (χ1v) is 6.43. The zero-order chi connectivity index (χ0) is 12.6. The van der Waals surface area contributed by atoms with Crippen LogP contribution in [0.2, 0.25) is 0 Å². The molecule has 2 aliphatic rings. The minimum Gasteiger partial charge on any atom is -0.366 e. The van der Waals surface area contributed by atoms with Gasteiger partial charge < -0.3 is 4.74 Å². The molecule has 0 aromatic heterocycles. The first kappa shape index (κ1) is 12.5. The van der Waals surface area contributed by atoms with Crippen LogP contribution in [0.1, 0.15) is 27.7 Å². The van der Waals surface area contributed by atoms with Gasteiger partial charge in [-0.05, 0) is 34.8 Å². The molecule has 0 N–H and O–H groups in total. The molecule has 4 unspecified atom stereocenters. The summed E-state index contributed by atoms with van der Waals surface area (Å²) in [5, 5.41) is 3.67. The molecule has 94 valence electrons. The summed E-state index contributed by atoms with van der Waals surface area (Å²) in [5.41, 5.74) is 9.59. The second kappa shape index (κ2) is 4.71. The van der Waals surface area contributed by atoms with E-state index in [9.17, 15) is 0 Å². The number of ether oxygens (including phenoxy) is 1. The van der Waals surface area contributed by atoms with Crippen molar-refractivity contribution in [3.05, 3.63) is 22.1 Å². The van der Waals surface area contributed by atoms with E-state index in [2.05, 4.69) is 43.8 Å². The predicted octanol–water partition coefficient (Wildman–Crippen LogP) is 3.55. The van der Waals surface area contributed by atoms with Crippen molar-refractivity contribution in [1.29, 1.82) is 0 Å². The third-order valence-corrected chi connectivity index (χ3v) is 4.08. The van der Waals surface area contributed by atoms with Crippen molar-refractivity contribution < 1.29 is 4.74 Å². The molecule has 2 bridgehead atoms. The standard InChI is InChI=1S/C13H21N3O/c1-7(2)11-10-5-9(6-15-16-14)13(17-10)12(11)8(3)4/h5,7-8,10-13H,6H2,1-4H3. The van der Waals surface area contributed by atoms with Gasteiger partial charge in [-0.25, -0.2) is 0 Å². The number of fused-ring (bicyclic) bond motifs is 2. The van der Waals surface area contributed by atoms with Gasteiger partial charge in [0.1, 0.15) is 0 Å². The van der Waals surface area contributed by atoms with Crippen LogP contribution in [0.15, 0.2) is 16.8 Å². The minimum absolute atomic E-state index is 0.179. The lowest BCUT2D eigenvalue weighted by molar-refractivity contribution is 0.0908. The third kappa shape index (κ3) is 2.07. The summed E-state index contributed by atoms with van der Waals surface area (Å²) in [4.78, 5) is 2.84. The summed E-state index contributed by atoms with van der Waals surface area (Å²) < 4.78 is 6.05. The van der Waals surface area contributed by atoms with Gasteiger partial charge >= 0.3 is 0 Å². The Bertz CT molecular complexity index is 369. The highest BCUT2D eigenvalue weighted by Crippen LogP contribution is 2.49. The van der Waals surface area contributed by atoms with Crippen molar-refractivity contribution in [2.75, 3.05) is 6.54 Å². The Kier molecular flexibility index (Phi) is 3.45. The number of rotatable bonds is 4. The minimum atomic E-state index is 0.179. The van der Waals surface area contributed by atoms with E-state index in [-0.39, 0.29) is 12.2 Å². The Morgan fingerprint density at radius 3 is 2.47 bits per heavy atom. The molecular formula is C13H21N3O. The zero-order valence-electron chi connectivity index (χ0n) is 11.0. The van der Waals surface area contributed by atoms with Crippen LogP contribution in [0.25, 0.3) is 10.4 Å². The highest BCUT2D eigenvalue weighted by Gasteiger charge is 2.50. The van der Waals surface area contributed by atoms with E-state index in [0.29, 0.717) is 30.2 Å². The first-order chi connectivity index (χ1) is 8.06. The van der Waals surface area contributed by atoms with Crippen molar-refractivity contribution in [3.63, 3.8) is 0 Å². The smallest absolute Gasteiger partial charge is 0.0829 e. The van der Waals surface area contributed by atoms with Gasteiger partial charge in [0.05, 0.1) is 12.2 Å². The lowest BCUT2D eigenvalue weighted by Gasteiger charge is -2.33.